The van der Waals surface area contributed by atoms with Crippen LogP contribution in [0.3, 0.4) is 0 Å². The minimum Gasteiger partial charge on any atom is -0.320 e. The number of halogens is 1. The van der Waals surface area contributed by atoms with Crippen LogP contribution in [-0.4, -0.2) is 10.9 Å². The summed E-state index contributed by atoms with van der Waals surface area (Å²) in [5, 5.41) is 4.63. The number of hydrogen-bond donors (Lipinski definition) is 1. The molecule has 76 valence electrons. The number of pyridine rings is 1. The molecule has 2 aromatic heterocycles. The van der Waals surface area contributed by atoms with Crippen molar-refractivity contribution in [2.45, 2.75) is 0 Å². The highest BCUT2D eigenvalue weighted by molar-refractivity contribution is 9.10. The Morgan fingerprint density at radius 1 is 1.40 bits per heavy atom. The van der Waals surface area contributed by atoms with E-state index in [-0.39, 0.29) is 5.91 Å². The van der Waals surface area contributed by atoms with Gasteiger partial charge in [0.05, 0.1) is 16.8 Å². The molecule has 2 rings (SSSR count). The van der Waals surface area contributed by atoms with Crippen LogP contribution < -0.4 is 5.32 Å². The first-order chi connectivity index (χ1) is 7.25. The first kappa shape index (κ1) is 10.3. The van der Waals surface area contributed by atoms with Gasteiger partial charge in [-0.3, -0.25) is 4.79 Å². The topological polar surface area (TPSA) is 42.0 Å². The van der Waals surface area contributed by atoms with Gasteiger partial charge in [-0.25, -0.2) is 4.98 Å². The van der Waals surface area contributed by atoms with Crippen molar-refractivity contribution in [3.8, 4) is 0 Å². The fourth-order valence-electron chi connectivity index (χ4n) is 1.05. The van der Waals surface area contributed by atoms with Crippen molar-refractivity contribution in [2.24, 2.45) is 0 Å². The number of rotatable bonds is 2. The molecule has 0 saturated heterocycles. The fourth-order valence-corrected chi connectivity index (χ4v) is 1.90. The molecule has 0 aliphatic carbocycles. The van der Waals surface area contributed by atoms with Gasteiger partial charge >= 0.3 is 0 Å². The van der Waals surface area contributed by atoms with Crippen molar-refractivity contribution in [1.82, 2.24) is 4.98 Å². The molecular formula is C10H7BrN2OS. The normalized spacial score (nSPS) is 9.93. The molecule has 1 N–H and O–H groups in total. The minimum atomic E-state index is -0.103. The summed E-state index contributed by atoms with van der Waals surface area (Å²) in [6, 6.07) is 7.21. The number of carbonyl (C=O) groups is 1. The zero-order chi connectivity index (χ0) is 10.7. The van der Waals surface area contributed by atoms with Gasteiger partial charge in [0.25, 0.3) is 5.91 Å². The maximum Gasteiger partial charge on any atom is 0.265 e. The Balaban J connectivity index is 2.09. The predicted octanol–water partition coefficient (Wildman–Crippen LogP) is 3.16. The Hall–Kier alpha value is -1.20. The van der Waals surface area contributed by atoms with E-state index in [0.29, 0.717) is 10.6 Å². The van der Waals surface area contributed by atoms with E-state index >= 15 is 0 Å². The SMILES string of the molecule is O=C(Nc1ccc(Br)nc1)c1cccs1. The predicted molar refractivity (Wildman–Crippen MR) is 64.2 cm³/mol. The second-order valence-corrected chi connectivity index (χ2v) is 4.56. The van der Waals surface area contributed by atoms with Crippen LogP contribution in [-0.2, 0) is 0 Å². The lowest BCUT2D eigenvalue weighted by atomic mass is 10.4. The highest BCUT2D eigenvalue weighted by Gasteiger charge is 2.06. The molecule has 0 aliphatic heterocycles. The molecule has 15 heavy (non-hydrogen) atoms. The smallest absolute Gasteiger partial charge is 0.265 e. The van der Waals surface area contributed by atoms with E-state index in [0.717, 1.165) is 4.60 Å². The van der Waals surface area contributed by atoms with Gasteiger partial charge in [-0.2, -0.15) is 0 Å². The van der Waals surface area contributed by atoms with E-state index in [1.807, 2.05) is 11.4 Å². The van der Waals surface area contributed by atoms with Gasteiger partial charge in [0.15, 0.2) is 0 Å². The number of hydrogen-bond acceptors (Lipinski definition) is 3. The standard InChI is InChI=1S/C10H7BrN2OS/c11-9-4-3-7(6-12-9)13-10(14)8-2-1-5-15-8/h1-6H,(H,13,14). The number of carbonyl (C=O) groups excluding carboxylic acids is 1. The second kappa shape index (κ2) is 4.55. The summed E-state index contributed by atoms with van der Waals surface area (Å²) in [6.45, 7) is 0. The third-order valence-electron chi connectivity index (χ3n) is 1.73. The average Bonchev–Trinajstić information content (AvgIpc) is 2.74. The molecule has 0 unspecified atom stereocenters. The van der Waals surface area contributed by atoms with Crippen molar-refractivity contribution < 1.29 is 4.79 Å². The van der Waals surface area contributed by atoms with Gasteiger partial charge in [0.1, 0.15) is 4.60 Å². The third-order valence-corrected chi connectivity index (χ3v) is 3.07. The maximum atomic E-state index is 11.6. The quantitative estimate of drug-likeness (QED) is 0.860. The van der Waals surface area contributed by atoms with Crippen LogP contribution in [0.25, 0.3) is 0 Å². The van der Waals surface area contributed by atoms with Gasteiger partial charge < -0.3 is 5.32 Å². The second-order valence-electron chi connectivity index (χ2n) is 2.80. The van der Waals surface area contributed by atoms with Crippen molar-refractivity contribution in [3.63, 3.8) is 0 Å². The molecule has 0 saturated carbocycles. The fraction of sp³-hybridized carbons (Fsp3) is 0. The minimum absolute atomic E-state index is 0.103. The summed E-state index contributed by atoms with van der Waals surface area (Å²) in [7, 11) is 0. The molecule has 0 aromatic carbocycles. The number of nitrogens with one attached hydrogen (secondary N) is 1. The average molecular weight is 283 g/mol. The molecule has 0 aliphatic rings. The first-order valence-corrected chi connectivity index (χ1v) is 5.89. The summed E-state index contributed by atoms with van der Waals surface area (Å²) >= 11 is 4.64. The lowest BCUT2D eigenvalue weighted by Gasteiger charge is -2.02. The summed E-state index contributed by atoms with van der Waals surface area (Å²) in [5.74, 6) is -0.103. The number of amides is 1. The van der Waals surface area contributed by atoms with Crippen LogP contribution >= 0.6 is 27.3 Å². The van der Waals surface area contributed by atoms with Crippen LogP contribution in [0.1, 0.15) is 9.67 Å². The first-order valence-electron chi connectivity index (χ1n) is 4.22. The van der Waals surface area contributed by atoms with Crippen molar-refractivity contribution in [1.29, 1.82) is 0 Å². The summed E-state index contributed by atoms with van der Waals surface area (Å²) < 4.78 is 0.747. The third kappa shape index (κ3) is 2.64. The van der Waals surface area contributed by atoms with E-state index in [9.17, 15) is 4.79 Å². The lowest BCUT2D eigenvalue weighted by Crippen LogP contribution is -2.10. The number of anilines is 1. The van der Waals surface area contributed by atoms with Crippen LogP contribution in [0.15, 0.2) is 40.4 Å². The summed E-state index contributed by atoms with van der Waals surface area (Å²) in [5.41, 5.74) is 0.691. The zero-order valence-corrected chi connectivity index (χ0v) is 10.0. The number of thiophene rings is 1. The van der Waals surface area contributed by atoms with Gasteiger partial charge in [0.2, 0.25) is 0 Å². The molecular weight excluding hydrogens is 276 g/mol. The number of nitrogens with zero attached hydrogens (tertiary/aromatic N) is 1. The van der Waals surface area contributed by atoms with Crippen LogP contribution in [0.4, 0.5) is 5.69 Å². The molecule has 5 heteroatoms. The monoisotopic (exact) mass is 282 g/mol. The van der Waals surface area contributed by atoms with E-state index < -0.39 is 0 Å². The number of aromatic nitrogens is 1. The maximum absolute atomic E-state index is 11.6. The molecule has 0 spiro atoms. The Labute approximate surface area is 99.3 Å². The molecule has 1 amide bonds. The highest BCUT2D eigenvalue weighted by Crippen LogP contribution is 2.14. The van der Waals surface area contributed by atoms with Crippen LogP contribution in [0, 0.1) is 0 Å². The molecule has 0 fully saturated rings. The van der Waals surface area contributed by atoms with Gasteiger partial charge in [0, 0.05) is 0 Å². The van der Waals surface area contributed by atoms with E-state index in [2.05, 4.69) is 26.2 Å². The Morgan fingerprint density at radius 3 is 2.87 bits per heavy atom. The van der Waals surface area contributed by atoms with E-state index in [1.165, 1.54) is 11.3 Å². The summed E-state index contributed by atoms with van der Waals surface area (Å²) in [4.78, 5) is 16.3. The van der Waals surface area contributed by atoms with Gasteiger partial charge in [-0.15, -0.1) is 11.3 Å². The van der Waals surface area contributed by atoms with Gasteiger partial charge in [-0.05, 0) is 39.5 Å². The Bertz CT molecular complexity index is 453. The van der Waals surface area contributed by atoms with Gasteiger partial charge in [-0.1, -0.05) is 6.07 Å². The van der Waals surface area contributed by atoms with E-state index in [1.54, 1.807) is 24.4 Å². The van der Waals surface area contributed by atoms with Crippen molar-refractivity contribution >= 4 is 38.9 Å². The highest BCUT2D eigenvalue weighted by atomic mass is 79.9. The van der Waals surface area contributed by atoms with Crippen molar-refractivity contribution in [2.75, 3.05) is 5.32 Å². The summed E-state index contributed by atoms with van der Waals surface area (Å²) in [6.07, 6.45) is 1.61. The molecule has 3 nitrogen and oxygen atoms in total. The molecule has 0 radical (unpaired) electrons. The van der Waals surface area contributed by atoms with Crippen molar-refractivity contribution in [3.05, 3.63) is 45.3 Å². The molecule has 2 aromatic rings. The molecule has 0 bridgehead atoms. The van der Waals surface area contributed by atoms with E-state index in [4.69, 9.17) is 0 Å². The molecule has 2 heterocycles. The zero-order valence-electron chi connectivity index (χ0n) is 7.61. The Kier molecular flexibility index (Phi) is 3.13. The molecule has 0 atom stereocenters. The Morgan fingerprint density at radius 2 is 2.27 bits per heavy atom. The van der Waals surface area contributed by atoms with Crippen LogP contribution in [0.2, 0.25) is 0 Å². The largest absolute Gasteiger partial charge is 0.320 e. The lowest BCUT2D eigenvalue weighted by molar-refractivity contribution is 0.103. The van der Waals surface area contributed by atoms with Crippen LogP contribution in [0.5, 0.6) is 0 Å².